The quantitative estimate of drug-likeness (QED) is 0.943. The lowest BCUT2D eigenvalue weighted by molar-refractivity contribution is 0.0368. The Labute approximate surface area is 128 Å². The number of carbonyl (C=O) groups is 1. The number of amides is 1. The first-order valence-corrected chi connectivity index (χ1v) is 6.92. The van der Waals surface area contributed by atoms with Crippen LogP contribution in [0, 0.1) is 0 Å². The molecule has 0 aliphatic heterocycles. The lowest BCUT2D eigenvalue weighted by Crippen LogP contribution is -2.39. The Morgan fingerprint density at radius 1 is 1.48 bits per heavy atom. The minimum absolute atomic E-state index is 0.189. The van der Waals surface area contributed by atoms with Crippen LogP contribution in [0.15, 0.2) is 36.7 Å². The molecule has 21 heavy (non-hydrogen) atoms. The highest BCUT2D eigenvalue weighted by Gasteiger charge is 2.21. The standard InChI is InChI=1S/C15H18ClN3O2/c1-15(2,21)10-18(3)14(20)11-8-17-19(9-11)13-6-4-5-12(16)7-13/h4-9,21H,10H2,1-3H3. The molecule has 6 heteroatoms. The molecule has 1 aromatic heterocycles. The van der Waals surface area contributed by atoms with E-state index in [0.717, 1.165) is 5.69 Å². The highest BCUT2D eigenvalue weighted by atomic mass is 35.5. The van der Waals surface area contributed by atoms with Crippen LogP contribution in [0.2, 0.25) is 5.02 Å². The van der Waals surface area contributed by atoms with Crippen molar-refractivity contribution < 1.29 is 9.90 Å². The summed E-state index contributed by atoms with van der Waals surface area (Å²) in [5, 5.41) is 14.6. The van der Waals surface area contributed by atoms with Crippen molar-refractivity contribution in [2.45, 2.75) is 19.4 Å². The van der Waals surface area contributed by atoms with Gasteiger partial charge in [0.1, 0.15) is 0 Å². The van der Waals surface area contributed by atoms with Crippen LogP contribution in [-0.2, 0) is 0 Å². The fourth-order valence-electron chi connectivity index (χ4n) is 2.07. The molecule has 5 nitrogen and oxygen atoms in total. The van der Waals surface area contributed by atoms with Gasteiger partial charge in [-0.25, -0.2) is 4.68 Å². The molecule has 0 bridgehead atoms. The van der Waals surface area contributed by atoms with E-state index in [1.807, 2.05) is 12.1 Å². The predicted octanol–water partition coefficient (Wildman–Crippen LogP) is 2.37. The van der Waals surface area contributed by atoms with Crippen LogP contribution in [0.4, 0.5) is 0 Å². The average molecular weight is 308 g/mol. The Kier molecular flexibility index (Phi) is 4.34. The minimum Gasteiger partial charge on any atom is -0.389 e. The lowest BCUT2D eigenvalue weighted by Gasteiger charge is -2.25. The van der Waals surface area contributed by atoms with Gasteiger partial charge >= 0.3 is 0 Å². The van der Waals surface area contributed by atoms with Crippen LogP contribution in [0.25, 0.3) is 5.69 Å². The normalized spacial score (nSPS) is 11.5. The Balaban J connectivity index is 2.18. The molecule has 0 saturated carbocycles. The van der Waals surface area contributed by atoms with Crippen molar-refractivity contribution in [1.82, 2.24) is 14.7 Å². The Hall–Kier alpha value is -1.85. The molecule has 0 radical (unpaired) electrons. The molecule has 0 spiro atoms. The Morgan fingerprint density at radius 3 is 2.81 bits per heavy atom. The summed E-state index contributed by atoms with van der Waals surface area (Å²) < 4.78 is 1.59. The smallest absolute Gasteiger partial charge is 0.256 e. The van der Waals surface area contributed by atoms with Crippen molar-refractivity contribution in [2.24, 2.45) is 0 Å². The van der Waals surface area contributed by atoms with Crippen molar-refractivity contribution in [1.29, 1.82) is 0 Å². The van der Waals surface area contributed by atoms with Gasteiger partial charge in [0.25, 0.3) is 5.91 Å². The van der Waals surface area contributed by atoms with Crippen molar-refractivity contribution in [3.8, 4) is 5.69 Å². The topological polar surface area (TPSA) is 58.4 Å². The Morgan fingerprint density at radius 2 is 2.19 bits per heavy atom. The maximum absolute atomic E-state index is 12.3. The highest BCUT2D eigenvalue weighted by molar-refractivity contribution is 6.30. The van der Waals surface area contributed by atoms with Crippen molar-refractivity contribution in [2.75, 3.05) is 13.6 Å². The molecule has 1 heterocycles. The number of nitrogens with zero attached hydrogens (tertiary/aromatic N) is 3. The van der Waals surface area contributed by atoms with E-state index in [0.29, 0.717) is 10.6 Å². The predicted molar refractivity (Wildman–Crippen MR) is 81.8 cm³/mol. The van der Waals surface area contributed by atoms with Gasteiger partial charge in [-0.1, -0.05) is 17.7 Å². The van der Waals surface area contributed by atoms with E-state index in [1.165, 1.54) is 11.1 Å². The number of hydrogen-bond donors (Lipinski definition) is 1. The third kappa shape index (κ3) is 4.06. The number of hydrogen-bond acceptors (Lipinski definition) is 3. The van der Waals surface area contributed by atoms with Gasteiger partial charge in [-0.15, -0.1) is 0 Å². The molecule has 0 aliphatic rings. The maximum atomic E-state index is 12.3. The van der Waals surface area contributed by atoms with Gasteiger partial charge in [-0.05, 0) is 32.0 Å². The van der Waals surface area contributed by atoms with Crippen LogP contribution in [-0.4, -0.2) is 44.9 Å². The summed E-state index contributed by atoms with van der Waals surface area (Å²) in [6.45, 7) is 3.56. The molecule has 2 aromatic rings. The van der Waals surface area contributed by atoms with Gasteiger partial charge in [0.15, 0.2) is 0 Å². The fourth-order valence-corrected chi connectivity index (χ4v) is 2.25. The molecule has 0 saturated heterocycles. The van der Waals surface area contributed by atoms with Crippen LogP contribution < -0.4 is 0 Å². The highest BCUT2D eigenvalue weighted by Crippen LogP contribution is 2.15. The van der Waals surface area contributed by atoms with E-state index in [4.69, 9.17) is 11.6 Å². The van der Waals surface area contributed by atoms with Gasteiger partial charge in [0.05, 0.1) is 23.0 Å². The van der Waals surface area contributed by atoms with E-state index < -0.39 is 5.60 Å². The maximum Gasteiger partial charge on any atom is 0.256 e. The number of rotatable bonds is 4. The van der Waals surface area contributed by atoms with E-state index in [9.17, 15) is 9.90 Å². The zero-order valence-electron chi connectivity index (χ0n) is 12.2. The van der Waals surface area contributed by atoms with Crippen LogP contribution >= 0.6 is 11.6 Å². The van der Waals surface area contributed by atoms with Gasteiger partial charge < -0.3 is 10.0 Å². The zero-order valence-corrected chi connectivity index (χ0v) is 13.0. The van der Waals surface area contributed by atoms with Crippen molar-refractivity contribution >= 4 is 17.5 Å². The van der Waals surface area contributed by atoms with E-state index in [2.05, 4.69) is 5.10 Å². The fraction of sp³-hybridized carbons (Fsp3) is 0.333. The SMILES string of the molecule is CN(CC(C)(C)O)C(=O)c1cnn(-c2cccc(Cl)c2)c1. The summed E-state index contributed by atoms with van der Waals surface area (Å²) >= 11 is 5.94. The van der Waals surface area contributed by atoms with Gasteiger partial charge in [0.2, 0.25) is 0 Å². The van der Waals surface area contributed by atoms with Gasteiger partial charge in [-0.3, -0.25) is 4.79 Å². The molecular formula is C15H18ClN3O2. The molecule has 112 valence electrons. The summed E-state index contributed by atoms with van der Waals surface area (Å²) in [5.41, 5.74) is 0.307. The summed E-state index contributed by atoms with van der Waals surface area (Å²) in [4.78, 5) is 13.7. The number of aliphatic hydroxyl groups is 1. The molecule has 1 amide bonds. The molecule has 1 N–H and O–H groups in total. The zero-order chi connectivity index (χ0) is 15.6. The Bertz CT molecular complexity index is 646. The average Bonchev–Trinajstić information content (AvgIpc) is 2.85. The first-order chi connectivity index (χ1) is 9.76. The third-order valence-electron chi connectivity index (χ3n) is 2.87. The van der Waals surface area contributed by atoms with Crippen molar-refractivity contribution in [3.05, 3.63) is 47.2 Å². The monoisotopic (exact) mass is 307 g/mol. The molecule has 0 atom stereocenters. The summed E-state index contributed by atoms with van der Waals surface area (Å²) in [5.74, 6) is -0.189. The molecule has 0 fully saturated rings. The second kappa shape index (κ2) is 5.87. The molecule has 0 aliphatic carbocycles. The van der Waals surface area contributed by atoms with Crippen LogP contribution in [0.1, 0.15) is 24.2 Å². The number of benzene rings is 1. The first kappa shape index (κ1) is 15.5. The number of likely N-dealkylation sites (N-methyl/N-ethyl adjacent to an activating group) is 1. The second-order valence-corrected chi connectivity index (χ2v) is 6.06. The third-order valence-corrected chi connectivity index (χ3v) is 3.11. The number of carbonyl (C=O) groups excluding carboxylic acids is 1. The van der Waals surface area contributed by atoms with E-state index in [1.54, 1.807) is 43.9 Å². The van der Waals surface area contributed by atoms with Gasteiger partial charge in [-0.2, -0.15) is 5.10 Å². The molecule has 0 unspecified atom stereocenters. The number of aromatic nitrogens is 2. The van der Waals surface area contributed by atoms with Crippen LogP contribution in [0.5, 0.6) is 0 Å². The molecule has 1 aromatic carbocycles. The second-order valence-electron chi connectivity index (χ2n) is 5.63. The van der Waals surface area contributed by atoms with Crippen molar-refractivity contribution in [3.63, 3.8) is 0 Å². The summed E-state index contributed by atoms with van der Waals surface area (Å²) in [6, 6.07) is 7.22. The summed E-state index contributed by atoms with van der Waals surface area (Å²) in [6.07, 6.45) is 3.15. The first-order valence-electron chi connectivity index (χ1n) is 6.55. The largest absolute Gasteiger partial charge is 0.389 e. The van der Waals surface area contributed by atoms with Gasteiger partial charge in [0, 0.05) is 24.8 Å². The molecule has 2 rings (SSSR count). The lowest BCUT2D eigenvalue weighted by atomic mass is 10.1. The minimum atomic E-state index is -0.937. The van der Waals surface area contributed by atoms with Crippen LogP contribution in [0.3, 0.4) is 0 Å². The number of halogens is 1. The molecular weight excluding hydrogens is 290 g/mol. The summed E-state index contributed by atoms with van der Waals surface area (Å²) in [7, 11) is 1.65. The van der Waals surface area contributed by atoms with E-state index in [-0.39, 0.29) is 12.5 Å². The van der Waals surface area contributed by atoms with E-state index >= 15 is 0 Å².